The van der Waals surface area contributed by atoms with E-state index in [4.69, 9.17) is 0 Å². The quantitative estimate of drug-likeness (QED) is 0.192. The standard InChI is InChI=1S/C10H3F5O/c1-2-3-4(16)5-6(11)8(13)10(15)9(14)7(5)12/h3H,1H2. The molecule has 16 heavy (non-hydrogen) atoms. The van der Waals surface area contributed by atoms with Crippen molar-refractivity contribution in [1.82, 2.24) is 0 Å². The number of carbonyl (C=O) groups is 1. The molecular weight excluding hydrogens is 231 g/mol. The Morgan fingerprint density at radius 3 is 1.69 bits per heavy atom. The van der Waals surface area contributed by atoms with E-state index in [0.717, 1.165) is 0 Å². The van der Waals surface area contributed by atoms with Crippen LogP contribution in [0.3, 0.4) is 0 Å². The molecule has 1 aromatic rings. The molecule has 0 saturated heterocycles. The summed E-state index contributed by atoms with van der Waals surface area (Å²) in [7, 11) is 0. The van der Waals surface area contributed by atoms with E-state index in [9.17, 15) is 26.7 Å². The Balaban J connectivity index is 3.64. The normalized spacial score (nSPS) is 9.81. The molecule has 0 spiro atoms. The summed E-state index contributed by atoms with van der Waals surface area (Å²) < 4.78 is 63.8. The average Bonchev–Trinajstić information content (AvgIpc) is 2.24. The molecule has 1 nitrogen and oxygen atoms in total. The number of benzene rings is 1. The second-order valence-electron chi connectivity index (χ2n) is 2.66. The van der Waals surface area contributed by atoms with E-state index < -0.39 is 40.4 Å². The first-order valence-corrected chi connectivity index (χ1v) is 3.83. The summed E-state index contributed by atoms with van der Waals surface area (Å²) in [5.41, 5.74) is 0.357. The molecular formula is C10H3F5O. The van der Waals surface area contributed by atoms with Crippen LogP contribution in [0.5, 0.6) is 0 Å². The van der Waals surface area contributed by atoms with Gasteiger partial charge in [-0.25, -0.2) is 22.0 Å². The van der Waals surface area contributed by atoms with Crippen LogP contribution in [-0.4, -0.2) is 5.78 Å². The van der Waals surface area contributed by atoms with E-state index in [1.165, 1.54) is 0 Å². The van der Waals surface area contributed by atoms with Crippen molar-refractivity contribution in [2.24, 2.45) is 0 Å². The number of allylic oxidation sites excluding steroid dienone is 1. The summed E-state index contributed by atoms with van der Waals surface area (Å²) in [5, 5.41) is 0. The monoisotopic (exact) mass is 234 g/mol. The fourth-order valence-corrected chi connectivity index (χ4v) is 0.986. The molecule has 0 N–H and O–H groups in total. The molecule has 0 heterocycles. The molecule has 0 saturated carbocycles. The maximum Gasteiger partial charge on any atom is 0.200 e. The molecule has 0 unspecified atom stereocenters. The minimum absolute atomic E-state index is 0.471. The highest BCUT2D eigenvalue weighted by atomic mass is 19.2. The van der Waals surface area contributed by atoms with Gasteiger partial charge in [0.15, 0.2) is 29.1 Å². The number of hydrogen-bond donors (Lipinski definition) is 0. The van der Waals surface area contributed by atoms with Crippen molar-refractivity contribution >= 4 is 5.78 Å². The fraction of sp³-hybridized carbons (Fsp3) is 0. The average molecular weight is 234 g/mol. The fourth-order valence-electron chi connectivity index (χ4n) is 0.986. The van der Waals surface area contributed by atoms with Crippen LogP contribution < -0.4 is 0 Å². The highest BCUT2D eigenvalue weighted by molar-refractivity contribution is 6.04. The van der Waals surface area contributed by atoms with Crippen LogP contribution in [0.4, 0.5) is 22.0 Å². The van der Waals surface area contributed by atoms with Crippen molar-refractivity contribution in [2.45, 2.75) is 0 Å². The van der Waals surface area contributed by atoms with Gasteiger partial charge in [-0.2, -0.15) is 0 Å². The van der Waals surface area contributed by atoms with Crippen LogP contribution in [0, 0.1) is 29.1 Å². The Morgan fingerprint density at radius 1 is 0.938 bits per heavy atom. The van der Waals surface area contributed by atoms with Crippen LogP contribution in [-0.2, 0) is 0 Å². The Labute approximate surface area is 86.5 Å². The van der Waals surface area contributed by atoms with Gasteiger partial charge < -0.3 is 0 Å². The highest BCUT2D eigenvalue weighted by Gasteiger charge is 2.28. The van der Waals surface area contributed by atoms with Crippen LogP contribution in [0.25, 0.3) is 0 Å². The Morgan fingerprint density at radius 2 is 1.31 bits per heavy atom. The lowest BCUT2D eigenvalue weighted by molar-refractivity contribution is 0.103. The van der Waals surface area contributed by atoms with Gasteiger partial charge in [0, 0.05) is 6.08 Å². The Kier molecular flexibility index (Phi) is 3.25. The van der Waals surface area contributed by atoms with Crippen molar-refractivity contribution in [3.63, 3.8) is 0 Å². The van der Waals surface area contributed by atoms with Crippen molar-refractivity contribution in [1.29, 1.82) is 0 Å². The van der Waals surface area contributed by atoms with Crippen molar-refractivity contribution < 1.29 is 26.7 Å². The lowest BCUT2D eigenvalue weighted by Crippen LogP contribution is -2.11. The summed E-state index contributed by atoms with van der Waals surface area (Å²) >= 11 is 0. The molecule has 0 amide bonds. The predicted molar refractivity (Wildman–Crippen MR) is 44.3 cm³/mol. The third kappa shape index (κ3) is 1.75. The first-order valence-electron chi connectivity index (χ1n) is 3.83. The summed E-state index contributed by atoms with van der Waals surface area (Å²) in [6, 6.07) is 0. The largest absolute Gasteiger partial charge is 0.288 e. The van der Waals surface area contributed by atoms with Gasteiger partial charge in [-0.1, -0.05) is 6.58 Å². The lowest BCUT2D eigenvalue weighted by Gasteiger charge is -2.04. The molecule has 0 aliphatic heterocycles. The molecule has 0 bridgehead atoms. The van der Waals surface area contributed by atoms with Gasteiger partial charge in [-0.3, -0.25) is 4.79 Å². The van der Waals surface area contributed by atoms with E-state index in [1.54, 1.807) is 0 Å². The van der Waals surface area contributed by atoms with Gasteiger partial charge in [-0.05, 0) is 0 Å². The molecule has 0 radical (unpaired) electrons. The van der Waals surface area contributed by atoms with E-state index >= 15 is 0 Å². The minimum Gasteiger partial charge on any atom is -0.288 e. The zero-order valence-electron chi connectivity index (χ0n) is 7.58. The predicted octanol–water partition coefficient (Wildman–Crippen LogP) is 2.91. The molecule has 1 aromatic carbocycles. The molecule has 0 aliphatic carbocycles. The third-order valence-corrected chi connectivity index (χ3v) is 1.69. The van der Waals surface area contributed by atoms with Gasteiger partial charge in [0.25, 0.3) is 0 Å². The first kappa shape index (κ1) is 12.1. The van der Waals surface area contributed by atoms with Gasteiger partial charge in [0.1, 0.15) is 5.56 Å². The van der Waals surface area contributed by atoms with Crippen LogP contribution in [0.1, 0.15) is 10.4 Å². The minimum atomic E-state index is -2.31. The Bertz CT molecular complexity index is 485. The molecule has 0 aromatic heterocycles. The zero-order valence-corrected chi connectivity index (χ0v) is 7.58. The lowest BCUT2D eigenvalue weighted by atomic mass is 10.1. The molecule has 6 heteroatoms. The number of hydrogen-bond acceptors (Lipinski definition) is 1. The number of ketones is 1. The number of halogens is 5. The van der Waals surface area contributed by atoms with E-state index in [-0.39, 0.29) is 0 Å². The summed E-state index contributed by atoms with van der Waals surface area (Å²) in [4.78, 5) is 11.0. The summed E-state index contributed by atoms with van der Waals surface area (Å²) in [5.74, 6) is -12.4. The summed E-state index contributed by atoms with van der Waals surface area (Å²) in [6.07, 6.45) is 0.471. The first-order chi connectivity index (χ1) is 7.41. The second kappa shape index (κ2) is 4.28. The zero-order chi connectivity index (χ0) is 12.5. The van der Waals surface area contributed by atoms with E-state index in [2.05, 4.69) is 6.58 Å². The molecule has 1 rings (SSSR count). The van der Waals surface area contributed by atoms with Crippen molar-refractivity contribution in [3.8, 4) is 0 Å². The van der Waals surface area contributed by atoms with Gasteiger partial charge in [0.05, 0.1) is 0 Å². The molecule has 0 atom stereocenters. The molecule has 0 aliphatic rings. The highest BCUT2D eigenvalue weighted by Crippen LogP contribution is 2.23. The van der Waals surface area contributed by atoms with Gasteiger partial charge >= 0.3 is 0 Å². The second-order valence-corrected chi connectivity index (χ2v) is 2.66. The van der Waals surface area contributed by atoms with Crippen LogP contribution in [0.2, 0.25) is 0 Å². The van der Waals surface area contributed by atoms with E-state index in [1.807, 2.05) is 5.73 Å². The van der Waals surface area contributed by atoms with Crippen LogP contribution >= 0.6 is 0 Å². The Hall–Kier alpha value is -1.94. The van der Waals surface area contributed by atoms with Crippen LogP contribution in [0.15, 0.2) is 18.4 Å². The van der Waals surface area contributed by atoms with Crippen molar-refractivity contribution in [3.05, 3.63) is 53.0 Å². The van der Waals surface area contributed by atoms with Crippen molar-refractivity contribution in [2.75, 3.05) is 0 Å². The maximum absolute atomic E-state index is 13.0. The third-order valence-electron chi connectivity index (χ3n) is 1.69. The maximum atomic E-state index is 13.0. The summed E-state index contributed by atoms with van der Waals surface area (Å²) in [6.45, 7) is 2.94. The topological polar surface area (TPSA) is 17.1 Å². The van der Waals surface area contributed by atoms with E-state index in [0.29, 0.717) is 6.08 Å². The number of rotatable bonds is 2. The number of carbonyl (C=O) groups excluding carboxylic acids is 1. The van der Waals surface area contributed by atoms with Gasteiger partial charge in [-0.15, -0.1) is 5.73 Å². The SMILES string of the molecule is C=C=CC(=O)c1c(F)c(F)c(F)c(F)c1F. The van der Waals surface area contributed by atoms with Gasteiger partial charge in [0.2, 0.25) is 5.82 Å². The smallest absolute Gasteiger partial charge is 0.200 e. The molecule has 0 fully saturated rings. The molecule has 84 valence electrons.